The molecule has 0 aliphatic carbocycles. The van der Waals surface area contributed by atoms with Crippen LogP contribution in [0, 0.1) is 5.92 Å². The van der Waals surface area contributed by atoms with Gasteiger partial charge in [0, 0.05) is 51.4 Å². The van der Waals surface area contributed by atoms with E-state index in [2.05, 4.69) is 6.92 Å². The third-order valence-electron chi connectivity index (χ3n) is 5.81. The summed E-state index contributed by atoms with van der Waals surface area (Å²) in [5, 5.41) is 0. The first kappa shape index (κ1) is 22.5. The van der Waals surface area contributed by atoms with Gasteiger partial charge in [-0.3, -0.25) is 14.4 Å². The van der Waals surface area contributed by atoms with Gasteiger partial charge in [-0.25, -0.2) is 0 Å². The number of para-hydroxylation sites is 1. The van der Waals surface area contributed by atoms with E-state index in [1.54, 1.807) is 36.0 Å². The maximum absolute atomic E-state index is 13.2. The van der Waals surface area contributed by atoms with Gasteiger partial charge in [-0.1, -0.05) is 37.3 Å². The predicted octanol–water partition coefficient (Wildman–Crippen LogP) is 3.35. The summed E-state index contributed by atoms with van der Waals surface area (Å²) >= 11 is 0. The number of amides is 3. The van der Waals surface area contributed by atoms with Crippen molar-refractivity contribution in [1.82, 2.24) is 9.80 Å². The number of anilines is 1. The minimum atomic E-state index is -0.341. The predicted molar refractivity (Wildman–Crippen MR) is 122 cm³/mol. The molecule has 1 unspecified atom stereocenters. The second-order valence-corrected chi connectivity index (χ2v) is 8.14. The number of hydrogen-bond donors (Lipinski definition) is 0. The van der Waals surface area contributed by atoms with E-state index in [1.807, 2.05) is 43.3 Å². The van der Waals surface area contributed by atoms with Gasteiger partial charge >= 0.3 is 0 Å². The molecular formula is C25H31N3O3. The highest BCUT2D eigenvalue weighted by atomic mass is 16.2. The molecule has 31 heavy (non-hydrogen) atoms. The fraction of sp³-hybridized carbons (Fsp3) is 0.400. The first-order valence-electron chi connectivity index (χ1n) is 10.8. The van der Waals surface area contributed by atoms with Crippen LogP contribution >= 0.6 is 0 Å². The quantitative estimate of drug-likeness (QED) is 0.689. The molecule has 3 amide bonds. The van der Waals surface area contributed by atoms with Crippen molar-refractivity contribution in [3.63, 3.8) is 0 Å². The zero-order chi connectivity index (χ0) is 22.5. The molecule has 1 fully saturated rings. The molecule has 0 bridgehead atoms. The highest BCUT2D eigenvalue weighted by Gasteiger charge is 2.37. The normalized spacial score (nSPS) is 15.8. The molecule has 6 nitrogen and oxygen atoms in total. The Bertz CT molecular complexity index is 953. The lowest BCUT2D eigenvalue weighted by molar-refractivity contribution is -0.136. The molecule has 0 radical (unpaired) electrons. The highest BCUT2D eigenvalue weighted by molar-refractivity contribution is 6.00. The lowest BCUT2D eigenvalue weighted by Gasteiger charge is -2.25. The standard InChI is InChI=1S/C25H31N3O3/c1-5-19-9-7-8-10-22(19)28-17-21(15-23(28)29)25(31)27(6-2)16-18-11-13-20(14-12-18)24(30)26(3)4/h7-14,21H,5-6,15-17H2,1-4H3. The molecule has 164 valence electrons. The molecule has 6 heteroatoms. The Morgan fingerprint density at radius 2 is 1.71 bits per heavy atom. The Morgan fingerprint density at radius 3 is 2.32 bits per heavy atom. The van der Waals surface area contributed by atoms with E-state index in [9.17, 15) is 14.4 Å². The van der Waals surface area contributed by atoms with Crippen LogP contribution in [0.2, 0.25) is 0 Å². The van der Waals surface area contributed by atoms with Crippen LogP contribution in [-0.4, -0.2) is 54.7 Å². The minimum absolute atomic E-state index is 0.000717. The van der Waals surface area contributed by atoms with Gasteiger partial charge in [-0.2, -0.15) is 0 Å². The third kappa shape index (κ3) is 4.95. The van der Waals surface area contributed by atoms with E-state index in [4.69, 9.17) is 0 Å². The number of carbonyl (C=O) groups is 3. The number of aryl methyl sites for hydroxylation is 1. The van der Waals surface area contributed by atoms with Crippen LogP contribution in [0.15, 0.2) is 48.5 Å². The van der Waals surface area contributed by atoms with Crippen LogP contribution in [0.1, 0.15) is 41.8 Å². The summed E-state index contributed by atoms with van der Waals surface area (Å²) in [7, 11) is 3.44. The molecule has 1 heterocycles. The monoisotopic (exact) mass is 421 g/mol. The molecule has 2 aromatic rings. The van der Waals surface area contributed by atoms with Crippen molar-refractivity contribution in [2.45, 2.75) is 33.2 Å². The molecule has 1 atom stereocenters. The number of carbonyl (C=O) groups excluding carboxylic acids is 3. The van der Waals surface area contributed by atoms with Crippen molar-refractivity contribution in [2.24, 2.45) is 5.92 Å². The maximum atomic E-state index is 13.2. The summed E-state index contributed by atoms with van der Waals surface area (Å²) in [6.07, 6.45) is 1.08. The first-order valence-corrected chi connectivity index (χ1v) is 10.8. The molecular weight excluding hydrogens is 390 g/mol. The summed E-state index contributed by atoms with van der Waals surface area (Å²) < 4.78 is 0. The Labute approximate surface area is 184 Å². The van der Waals surface area contributed by atoms with Crippen molar-refractivity contribution in [1.29, 1.82) is 0 Å². The zero-order valence-corrected chi connectivity index (χ0v) is 18.8. The fourth-order valence-corrected chi connectivity index (χ4v) is 4.01. The SMILES string of the molecule is CCc1ccccc1N1CC(C(=O)N(CC)Cc2ccc(C(=O)N(C)C)cc2)CC1=O. The number of benzene rings is 2. The van der Waals surface area contributed by atoms with Crippen molar-refractivity contribution in [2.75, 3.05) is 32.1 Å². The van der Waals surface area contributed by atoms with Crippen LogP contribution in [-0.2, 0) is 22.6 Å². The van der Waals surface area contributed by atoms with Gasteiger partial charge in [-0.05, 0) is 42.7 Å². The van der Waals surface area contributed by atoms with Gasteiger partial charge in [0.15, 0.2) is 0 Å². The van der Waals surface area contributed by atoms with E-state index in [-0.39, 0.29) is 30.1 Å². The van der Waals surface area contributed by atoms with Crippen LogP contribution in [0.3, 0.4) is 0 Å². The van der Waals surface area contributed by atoms with Crippen LogP contribution < -0.4 is 4.90 Å². The molecule has 1 saturated heterocycles. The highest BCUT2D eigenvalue weighted by Crippen LogP contribution is 2.29. The largest absolute Gasteiger partial charge is 0.345 e. The smallest absolute Gasteiger partial charge is 0.253 e. The summed E-state index contributed by atoms with van der Waals surface area (Å²) in [6.45, 7) is 5.46. The topological polar surface area (TPSA) is 60.9 Å². The third-order valence-corrected chi connectivity index (χ3v) is 5.81. The Morgan fingerprint density at radius 1 is 1.03 bits per heavy atom. The van der Waals surface area contributed by atoms with E-state index in [0.717, 1.165) is 23.2 Å². The van der Waals surface area contributed by atoms with Gasteiger partial charge in [-0.15, -0.1) is 0 Å². The lowest BCUT2D eigenvalue weighted by Crippen LogP contribution is -2.37. The molecule has 1 aliphatic heterocycles. The molecule has 0 spiro atoms. The molecule has 0 saturated carbocycles. The maximum Gasteiger partial charge on any atom is 0.253 e. The van der Waals surface area contributed by atoms with Gasteiger partial charge in [0.25, 0.3) is 5.91 Å². The van der Waals surface area contributed by atoms with Crippen LogP contribution in [0.4, 0.5) is 5.69 Å². The Kier molecular flexibility index (Phi) is 7.10. The number of rotatable bonds is 7. The molecule has 3 rings (SSSR count). The van der Waals surface area contributed by atoms with E-state index >= 15 is 0 Å². The number of hydrogen-bond acceptors (Lipinski definition) is 3. The van der Waals surface area contributed by atoms with Crippen molar-refractivity contribution < 1.29 is 14.4 Å². The second-order valence-electron chi connectivity index (χ2n) is 8.14. The summed E-state index contributed by atoms with van der Waals surface area (Å²) in [5.41, 5.74) is 3.61. The Balaban J connectivity index is 1.69. The lowest BCUT2D eigenvalue weighted by atomic mass is 10.1. The first-order chi connectivity index (χ1) is 14.8. The summed E-state index contributed by atoms with van der Waals surface area (Å²) in [4.78, 5) is 43.1. The fourth-order valence-electron chi connectivity index (χ4n) is 4.01. The average Bonchev–Trinajstić information content (AvgIpc) is 3.18. The second kappa shape index (κ2) is 9.77. The van der Waals surface area contributed by atoms with Crippen molar-refractivity contribution >= 4 is 23.4 Å². The Hall–Kier alpha value is -3.15. The van der Waals surface area contributed by atoms with Crippen LogP contribution in [0.25, 0.3) is 0 Å². The van der Waals surface area contributed by atoms with Gasteiger partial charge in [0.1, 0.15) is 0 Å². The van der Waals surface area contributed by atoms with E-state index < -0.39 is 0 Å². The summed E-state index contributed by atoms with van der Waals surface area (Å²) in [5.74, 6) is -0.388. The molecule has 0 N–H and O–H groups in total. The average molecular weight is 422 g/mol. The van der Waals surface area contributed by atoms with Gasteiger partial charge in [0.05, 0.1) is 5.92 Å². The number of nitrogens with zero attached hydrogens (tertiary/aromatic N) is 3. The van der Waals surface area contributed by atoms with Crippen molar-refractivity contribution in [3.8, 4) is 0 Å². The van der Waals surface area contributed by atoms with Crippen LogP contribution in [0.5, 0.6) is 0 Å². The minimum Gasteiger partial charge on any atom is -0.345 e. The van der Waals surface area contributed by atoms with Gasteiger partial charge < -0.3 is 14.7 Å². The van der Waals surface area contributed by atoms with E-state index in [0.29, 0.717) is 25.2 Å². The summed E-state index contributed by atoms with van der Waals surface area (Å²) in [6, 6.07) is 15.2. The molecule has 1 aliphatic rings. The van der Waals surface area contributed by atoms with Gasteiger partial charge in [0.2, 0.25) is 11.8 Å². The van der Waals surface area contributed by atoms with E-state index in [1.165, 1.54) is 4.90 Å². The van der Waals surface area contributed by atoms with Crippen molar-refractivity contribution in [3.05, 3.63) is 65.2 Å². The molecule has 0 aromatic heterocycles. The molecule has 2 aromatic carbocycles. The zero-order valence-electron chi connectivity index (χ0n) is 18.8.